The van der Waals surface area contributed by atoms with Crippen molar-refractivity contribution in [2.24, 2.45) is 7.05 Å². The first kappa shape index (κ1) is 11.2. The SMILES string of the molecule is Cn1c(C#N)c(CNC2CC2)c2cc(F)ccc21. The van der Waals surface area contributed by atoms with Gasteiger partial charge in [0.05, 0.1) is 0 Å². The van der Waals surface area contributed by atoms with Gasteiger partial charge in [0.25, 0.3) is 0 Å². The molecule has 1 fully saturated rings. The molecule has 0 radical (unpaired) electrons. The number of aromatic nitrogens is 1. The Morgan fingerprint density at radius 2 is 2.28 bits per heavy atom. The van der Waals surface area contributed by atoms with E-state index in [2.05, 4.69) is 11.4 Å². The van der Waals surface area contributed by atoms with Crippen molar-refractivity contribution < 1.29 is 4.39 Å². The Kier molecular flexibility index (Phi) is 2.57. The third kappa shape index (κ3) is 1.77. The van der Waals surface area contributed by atoms with Gasteiger partial charge in [-0.2, -0.15) is 5.26 Å². The predicted octanol–water partition coefficient (Wildman–Crippen LogP) is 2.44. The molecule has 1 aliphatic carbocycles. The van der Waals surface area contributed by atoms with Crippen LogP contribution in [0.5, 0.6) is 0 Å². The van der Waals surface area contributed by atoms with Crippen LogP contribution in [0, 0.1) is 17.1 Å². The van der Waals surface area contributed by atoms with Crippen molar-refractivity contribution >= 4 is 10.9 Å². The maximum absolute atomic E-state index is 13.4. The smallest absolute Gasteiger partial charge is 0.125 e. The van der Waals surface area contributed by atoms with Crippen LogP contribution in [0.1, 0.15) is 24.1 Å². The van der Waals surface area contributed by atoms with Crippen molar-refractivity contribution in [1.82, 2.24) is 9.88 Å². The van der Waals surface area contributed by atoms with E-state index in [0.29, 0.717) is 18.3 Å². The van der Waals surface area contributed by atoms with Gasteiger partial charge in [0.1, 0.15) is 17.6 Å². The molecule has 0 spiro atoms. The van der Waals surface area contributed by atoms with Gasteiger partial charge in [-0.25, -0.2) is 4.39 Å². The standard InChI is InChI=1S/C14H14FN3/c1-18-13-5-2-9(15)6-11(13)12(14(18)7-16)8-17-10-3-4-10/h2,5-6,10,17H,3-4,8H2,1H3. The maximum atomic E-state index is 13.4. The average Bonchev–Trinajstić information content (AvgIpc) is 3.14. The number of nitriles is 1. The van der Waals surface area contributed by atoms with E-state index in [1.54, 1.807) is 6.07 Å². The number of fused-ring (bicyclic) bond motifs is 1. The third-order valence-corrected chi connectivity index (χ3v) is 3.52. The highest BCUT2D eigenvalue weighted by molar-refractivity contribution is 5.86. The average molecular weight is 243 g/mol. The summed E-state index contributed by atoms with van der Waals surface area (Å²) in [6.07, 6.45) is 2.39. The van der Waals surface area contributed by atoms with Gasteiger partial charge in [-0.15, -0.1) is 0 Å². The molecule has 1 saturated carbocycles. The van der Waals surface area contributed by atoms with Crippen LogP contribution < -0.4 is 5.32 Å². The van der Waals surface area contributed by atoms with Crippen LogP contribution in [0.15, 0.2) is 18.2 Å². The number of benzene rings is 1. The largest absolute Gasteiger partial charge is 0.335 e. The van der Waals surface area contributed by atoms with Gasteiger partial charge < -0.3 is 9.88 Å². The first-order chi connectivity index (χ1) is 8.70. The summed E-state index contributed by atoms with van der Waals surface area (Å²) in [6, 6.07) is 7.46. The monoisotopic (exact) mass is 243 g/mol. The van der Waals surface area contributed by atoms with Gasteiger partial charge >= 0.3 is 0 Å². The molecule has 1 aromatic heterocycles. The van der Waals surface area contributed by atoms with Crippen molar-refractivity contribution in [3.05, 3.63) is 35.3 Å². The second kappa shape index (κ2) is 4.11. The molecule has 3 rings (SSSR count). The fraction of sp³-hybridized carbons (Fsp3) is 0.357. The van der Waals surface area contributed by atoms with Gasteiger partial charge in [-0.1, -0.05) is 0 Å². The normalized spacial score (nSPS) is 14.9. The molecule has 2 aromatic rings. The van der Waals surface area contributed by atoms with Crippen LogP contribution in [-0.2, 0) is 13.6 Å². The number of hydrogen-bond donors (Lipinski definition) is 1. The van der Waals surface area contributed by atoms with Gasteiger partial charge in [0.2, 0.25) is 0 Å². The molecule has 0 bridgehead atoms. The molecular weight excluding hydrogens is 229 g/mol. The number of nitrogens with one attached hydrogen (secondary N) is 1. The highest BCUT2D eigenvalue weighted by Crippen LogP contribution is 2.27. The van der Waals surface area contributed by atoms with E-state index < -0.39 is 0 Å². The van der Waals surface area contributed by atoms with E-state index in [-0.39, 0.29) is 5.82 Å². The maximum Gasteiger partial charge on any atom is 0.125 e. The highest BCUT2D eigenvalue weighted by Gasteiger charge is 2.22. The summed E-state index contributed by atoms with van der Waals surface area (Å²) in [7, 11) is 1.85. The second-order valence-electron chi connectivity index (χ2n) is 4.81. The first-order valence-corrected chi connectivity index (χ1v) is 6.11. The zero-order valence-electron chi connectivity index (χ0n) is 10.2. The lowest BCUT2D eigenvalue weighted by atomic mass is 10.1. The predicted molar refractivity (Wildman–Crippen MR) is 67.5 cm³/mol. The van der Waals surface area contributed by atoms with E-state index in [0.717, 1.165) is 16.5 Å². The van der Waals surface area contributed by atoms with Gasteiger partial charge in [-0.3, -0.25) is 0 Å². The minimum atomic E-state index is -0.259. The molecule has 0 saturated heterocycles. The summed E-state index contributed by atoms with van der Waals surface area (Å²) >= 11 is 0. The van der Waals surface area contributed by atoms with Crippen LogP contribution in [0.4, 0.5) is 4.39 Å². The van der Waals surface area contributed by atoms with Crippen molar-refractivity contribution in [3.8, 4) is 6.07 Å². The number of nitrogens with zero attached hydrogens (tertiary/aromatic N) is 2. The molecule has 0 aliphatic heterocycles. The Hall–Kier alpha value is -1.86. The molecule has 1 aromatic carbocycles. The third-order valence-electron chi connectivity index (χ3n) is 3.52. The van der Waals surface area contributed by atoms with Gasteiger partial charge in [0, 0.05) is 36.1 Å². The topological polar surface area (TPSA) is 40.8 Å². The molecule has 1 heterocycles. The van der Waals surface area contributed by atoms with Crippen LogP contribution in [0.3, 0.4) is 0 Å². The molecule has 3 nitrogen and oxygen atoms in total. The number of halogens is 1. The molecule has 1 aliphatic rings. The quantitative estimate of drug-likeness (QED) is 0.899. The van der Waals surface area contributed by atoms with E-state index in [1.165, 1.54) is 25.0 Å². The summed E-state index contributed by atoms with van der Waals surface area (Å²) in [5.74, 6) is -0.259. The highest BCUT2D eigenvalue weighted by atomic mass is 19.1. The molecule has 18 heavy (non-hydrogen) atoms. The zero-order valence-corrected chi connectivity index (χ0v) is 10.2. The van der Waals surface area contributed by atoms with Crippen LogP contribution in [-0.4, -0.2) is 10.6 Å². The van der Waals surface area contributed by atoms with E-state index >= 15 is 0 Å². The van der Waals surface area contributed by atoms with Gasteiger partial charge in [0.15, 0.2) is 0 Å². The molecular formula is C14H14FN3. The van der Waals surface area contributed by atoms with Crippen molar-refractivity contribution in [2.45, 2.75) is 25.4 Å². The van der Waals surface area contributed by atoms with Crippen LogP contribution in [0.25, 0.3) is 10.9 Å². The fourth-order valence-electron chi connectivity index (χ4n) is 2.35. The summed E-state index contributed by atoms with van der Waals surface area (Å²) in [5, 5.41) is 13.5. The Morgan fingerprint density at radius 1 is 1.50 bits per heavy atom. The second-order valence-corrected chi connectivity index (χ2v) is 4.81. The Bertz CT molecular complexity index is 647. The molecule has 1 N–H and O–H groups in total. The summed E-state index contributed by atoms with van der Waals surface area (Å²) in [6.45, 7) is 0.633. The lowest BCUT2D eigenvalue weighted by molar-refractivity contribution is 0.629. The molecule has 0 amide bonds. The lowest BCUT2D eigenvalue weighted by Crippen LogP contribution is -2.16. The summed E-state index contributed by atoms with van der Waals surface area (Å²) in [5.41, 5.74) is 2.42. The van der Waals surface area contributed by atoms with E-state index in [9.17, 15) is 9.65 Å². The molecule has 92 valence electrons. The number of rotatable bonds is 3. The zero-order chi connectivity index (χ0) is 12.7. The molecule has 0 unspecified atom stereocenters. The van der Waals surface area contributed by atoms with Crippen molar-refractivity contribution in [2.75, 3.05) is 0 Å². The van der Waals surface area contributed by atoms with Crippen LogP contribution in [0.2, 0.25) is 0 Å². The molecule has 4 heteroatoms. The Balaban J connectivity index is 2.12. The summed E-state index contributed by atoms with van der Waals surface area (Å²) < 4.78 is 15.2. The van der Waals surface area contributed by atoms with Crippen LogP contribution >= 0.6 is 0 Å². The lowest BCUT2D eigenvalue weighted by Gasteiger charge is -2.02. The number of aryl methyl sites for hydroxylation is 1. The Morgan fingerprint density at radius 3 is 2.94 bits per heavy atom. The minimum Gasteiger partial charge on any atom is -0.335 e. The first-order valence-electron chi connectivity index (χ1n) is 6.11. The van der Waals surface area contributed by atoms with Crippen molar-refractivity contribution in [3.63, 3.8) is 0 Å². The number of hydrogen-bond acceptors (Lipinski definition) is 2. The minimum absolute atomic E-state index is 0.259. The van der Waals surface area contributed by atoms with Gasteiger partial charge in [-0.05, 0) is 31.0 Å². The van der Waals surface area contributed by atoms with E-state index in [4.69, 9.17) is 0 Å². The van der Waals surface area contributed by atoms with E-state index in [1.807, 2.05) is 11.6 Å². The summed E-state index contributed by atoms with van der Waals surface area (Å²) in [4.78, 5) is 0. The Labute approximate surface area is 105 Å². The van der Waals surface area contributed by atoms with Crippen molar-refractivity contribution in [1.29, 1.82) is 5.26 Å². The molecule has 0 atom stereocenters. The fourth-order valence-corrected chi connectivity index (χ4v) is 2.35.